The Morgan fingerprint density at radius 2 is 1.22 bits per heavy atom. The molecule has 18 heavy (non-hydrogen) atoms. The summed E-state index contributed by atoms with van der Waals surface area (Å²) >= 11 is -4.68. The summed E-state index contributed by atoms with van der Waals surface area (Å²) in [5.74, 6) is 0. The van der Waals surface area contributed by atoms with Crippen molar-refractivity contribution >= 4 is 29.9 Å². The van der Waals surface area contributed by atoms with Crippen molar-refractivity contribution in [2.24, 2.45) is 0 Å². The molecular weight excluding hydrogens is 295 g/mol. The molecule has 0 aliphatic carbocycles. The number of anilines is 2. The van der Waals surface area contributed by atoms with Crippen LogP contribution in [0.2, 0.25) is 0 Å². The second-order valence-electron chi connectivity index (χ2n) is 3.55. The molecule has 2 rings (SSSR count). The quantitative estimate of drug-likeness (QED) is 0.441. The standard InChI is InChI=1S/C6H8AsNO3.C6H7N/c8-6-3-1-5(2-4-6)7(9,10)11;7-6-4-2-1-3-5-6/h1-4H,8H2,(H2,9,10,11);1-5H,7H2. The van der Waals surface area contributed by atoms with Crippen molar-refractivity contribution in [2.45, 2.75) is 0 Å². The Kier molecular flexibility index (Phi) is 5.04. The number of hydrogen-bond donors (Lipinski definition) is 4. The first-order valence-corrected chi connectivity index (χ1v) is 8.50. The van der Waals surface area contributed by atoms with Gasteiger partial charge in [-0.25, -0.2) is 0 Å². The zero-order chi connectivity index (χ0) is 13.6. The van der Waals surface area contributed by atoms with E-state index < -0.39 is 14.2 Å². The summed E-state index contributed by atoms with van der Waals surface area (Å²) in [6.45, 7) is 0. The smallest absolute Gasteiger partial charge is 0.0313 e. The van der Waals surface area contributed by atoms with Gasteiger partial charge in [0.15, 0.2) is 0 Å². The van der Waals surface area contributed by atoms with Gasteiger partial charge in [-0.3, -0.25) is 0 Å². The third-order valence-electron chi connectivity index (χ3n) is 2.03. The summed E-state index contributed by atoms with van der Waals surface area (Å²) in [6.07, 6.45) is 0. The number of rotatable bonds is 1. The van der Waals surface area contributed by atoms with Gasteiger partial charge in [-0.05, 0) is 12.1 Å². The molecular formula is C12H15AsN2O3. The van der Waals surface area contributed by atoms with Crippen LogP contribution in [0.25, 0.3) is 0 Å². The topological polar surface area (TPSA) is 110 Å². The fraction of sp³-hybridized carbons (Fsp3) is 0. The van der Waals surface area contributed by atoms with Crippen molar-refractivity contribution in [1.82, 2.24) is 0 Å². The van der Waals surface area contributed by atoms with E-state index in [4.69, 9.17) is 19.7 Å². The monoisotopic (exact) mass is 310 g/mol. The summed E-state index contributed by atoms with van der Waals surface area (Å²) in [5.41, 5.74) is 12.0. The van der Waals surface area contributed by atoms with Crippen LogP contribution >= 0.6 is 0 Å². The molecule has 0 fully saturated rings. The van der Waals surface area contributed by atoms with Crippen molar-refractivity contribution in [3.63, 3.8) is 0 Å². The molecule has 0 aromatic heterocycles. The maximum atomic E-state index is 10.7. The molecule has 6 N–H and O–H groups in total. The van der Waals surface area contributed by atoms with Crippen LogP contribution in [0.3, 0.4) is 0 Å². The number of nitrogen functional groups attached to an aromatic ring is 2. The molecule has 2 aromatic carbocycles. The van der Waals surface area contributed by atoms with Crippen LogP contribution in [-0.2, 0) is 3.74 Å². The van der Waals surface area contributed by atoms with E-state index in [9.17, 15) is 3.74 Å². The first-order chi connectivity index (χ1) is 8.39. The Morgan fingerprint density at radius 3 is 1.56 bits per heavy atom. The van der Waals surface area contributed by atoms with Crippen LogP contribution in [0, 0.1) is 0 Å². The second kappa shape index (κ2) is 6.30. The normalized spacial score (nSPS) is 10.3. The van der Waals surface area contributed by atoms with Crippen LogP contribution in [0.15, 0.2) is 54.6 Å². The van der Waals surface area contributed by atoms with Gasteiger partial charge in [0.25, 0.3) is 0 Å². The van der Waals surface area contributed by atoms with Crippen molar-refractivity contribution in [2.75, 3.05) is 11.5 Å². The van der Waals surface area contributed by atoms with E-state index in [1.165, 1.54) is 24.3 Å². The predicted molar refractivity (Wildman–Crippen MR) is 72.2 cm³/mol. The van der Waals surface area contributed by atoms with E-state index in [2.05, 4.69) is 0 Å². The molecule has 0 unspecified atom stereocenters. The van der Waals surface area contributed by atoms with Crippen LogP contribution in [-0.4, -0.2) is 22.4 Å². The Labute approximate surface area is 108 Å². The molecule has 0 saturated carbocycles. The van der Waals surface area contributed by atoms with E-state index in [0.29, 0.717) is 5.69 Å². The molecule has 2 aromatic rings. The van der Waals surface area contributed by atoms with Gasteiger partial charge in [0.2, 0.25) is 0 Å². The third-order valence-corrected chi connectivity index (χ3v) is 4.07. The van der Waals surface area contributed by atoms with Crippen molar-refractivity contribution in [3.05, 3.63) is 54.6 Å². The van der Waals surface area contributed by atoms with Gasteiger partial charge in [0.05, 0.1) is 0 Å². The minimum Gasteiger partial charge on any atom is -0.399 e. The number of hydrogen-bond acceptors (Lipinski definition) is 3. The molecule has 96 valence electrons. The SMILES string of the molecule is Nc1ccc([As](=O)(O)O)cc1.Nc1ccccc1. The minimum atomic E-state index is -4.68. The summed E-state index contributed by atoms with van der Waals surface area (Å²) < 4.78 is 28.1. The van der Waals surface area contributed by atoms with Gasteiger partial charge in [-0.2, -0.15) is 0 Å². The molecule has 0 aliphatic heterocycles. The van der Waals surface area contributed by atoms with Crippen LogP contribution in [0.1, 0.15) is 0 Å². The van der Waals surface area contributed by atoms with Gasteiger partial charge in [-0.15, -0.1) is 0 Å². The van der Waals surface area contributed by atoms with Crippen LogP contribution in [0.5, 0.6) is 0 Å². The molecule has 0 saturated heterocycles. The van der Waals surface area contributed by atoms with E-state index in [0.717, 1.165) is 5.69 Å². The van der Waals surface area contributed by atoms with Gasteiger partial charge in [0.1, 0.15) is 0 Å². The van der Waals surface area contributed by atoms with Gasteiger partial charge in [-0.1, -0.05) is 18.2 Å². The summed E-state index contributed by atoms with van der Waals surface area (Å²) in [6, 6.07) is 15.1. The third kappa shape index (κ3) is 5.10. The molecule has 0 atom stereocenters. The first-order valence-electron chi connectivity index (χ1n) is 5.12. The zero-order valence-corrected chi connectivity index (χ0v) is 11.5. The maximum Gasteiger partial charge on any atom is 0.0313 e. The van der Waals surface area contributed by atoms with Gasteiger partial charge >= 0.3 is 66.1 Å². The number of para-hydroxylation sites is 1. The Balaban J connectivity index is 0.000000199. The minimum absolute atomic E-state index is 0.0531. The van der Waals surface area contributed by atoms with Crippen LogP contribution < -0.4 is 15.8 Å². The van der Waals surface area contributed by atoms with Gasteiger partial charge in [0, 0.05) is 5.69 Å². The number of benzene rings is 2. The second-order valence-corrected chi connectivity index (χ2v) is 6.91. The average Bonchev–Trinajstić information content (AvgIpc) is 2.30. The summed E-state index contributed by atoms with van der Waals surface area (Å²) in [5, 5.41) is 0. The van der Waals surface area contributed by atoms with Crippen molar-refractivity contribution in [3.8, 4) is 0 Å². The summed E-state index contributed by atoms with van der Waals surface area (Å²) in [7, 11) is 0. The first kappa shape index (κ1) is 14.4. The predicted octanol–water partition coefficient (Wildman–Crippen LogP) is 0.0986. The van der Waals surface area contributed by atoms with Crippen LogP contribution in [0.4, 0.5) is 11.4 Å². The van der Waals surface area contributed by atoms with Crippen molar-refractivity contribution < 1.29 is 11.9 Å². The molecule has 0 heterocycles. The van der Waals surface area contributed by atoms with Crippen molar-refractivity contribution in [1.29, 1.82) is 0 Å². The Hall–Kier alpha value is -1.68. The molecule has 0 radical (unpaired) electrons. The molecule has 0 amide bonds. The largest absolute Gasteiger partial charge is 0.399 e. The molecule has 5 nitrogen and oxygen atoms in total. The maximum absolute atomic E-state index is 10.7. The van der Waals surface area contributed by atoms with E-state index >= 15 is 0 Å². The Morgan fingerprint density at radius 1 is 0.778 bits per heavy atom. The Bertz CT molecular complexity index is 523. The van der Waals surface area contributed by atoms with E-state index in [1.807, 2.05) is 30.3 Å². The fourth-order valence-electron chi connectivity index (χ4n) is 1.12. The molecule has 0 spiro atoms. The van der Waals surface area contributed by atoms with E-state index in [-0.39, 0.29) is 4.35 Å². The fourth-order valence-corrected chi connectivity index (χ4v) is 2.25. The molecule has 0 aliphatic rings. The molecule has 0 bridgehead atoms. The van der Waals surface area contributed by atoms with Gasteiger partial charge < -0.3 is 5.73 Å². The summed E-state index contributed by atoms with van der Waals surface area (Å²) in [4.78, 5) is 0. The average molecular weight is 310 g/mol. The molecule has 6 heteroatoms. The van der Waals surface area contributed by atoms with E-state index in [1.54, 1.807) is 0 Å². The zero-order valence-electron chi connectivity index (χ0n) is 9.60. The number of nitrogens with two attached hydrogens (primary N) is 2.